The molecule has 2 bridgehead atoms. The van der Waals surface area contributed by atoms with Crippen LogP contribution < -0.4 is 4.90 Å². The smallest absolute Gasteiger partial charge is 0.302 e. The van der Waals surface area contributed by atoms with E-state index in [4.69, 9.17) is 9.47 Å². The van der Waals surface area contributed by atoms with Gasteiger partial charge in [-0.3, -0.25) is 14.4 Å². The molecule has 3 aliphatic heterocycles. The van der Waals surface area contributed by atoms with Crippen molar-refractivity contribution in [2.24, 2.45) is 11.8 Å². The van der Waals surface area contributed by atoms with E-state index in [0.29, 0.717) is 5.69 Å². The topological polar surface area (TPSA) is 72.9 Å². The molecule has 2 saturated heterocycles. The number of benzene rings is 1. The molecule has 24 heavy (non-hydrogen) atoms. The number of anilines is 1. The average Bonchev–Trinajstić information content (AvgIpc) is 3.18. The molecule has 6 nitrogen and oxygen atoms in total. The number of hydrogen-bond donors (Lipinski definition) is 0. The number of hydrogen-bond acceptors (Lipinski definition) is 5. The molecule has 0 saturated carbocycles. The van der Waals surface area contributed by atoms with Gasteiger partial charge in [0.2, 0.25) is 11.8 Å². The summed E-state index contributed by atoms with van der Waals surface area (Å²) in [5, 5.41) is 0. The third-order valence-electron chi connectivity index (χ3n) is 5.01. The van der Waals surface area contributed by atoms with Gasteiger partial charge in [-0.15, -0.1) is 0 Å². The first-order valence-corrected chi connectivity index (χ1v) is 7.88. The fourth-order valence-electron chi connectivity index (χ4n) is 3.93. The highest BCUT2D eigenvalue weighted by molar-refractivity contribution is 6.23. The number of para-hydroxylation sites is 1. The van der Waals surface area contributed by atoms with Crippen molar-refractivity contribution in [1.29, 1.82) is 0 Å². The first-order valence-electron chi connectivity index (χ1n) is 7.88. The summed E-state index contributed by atoms with van der Waals surface area (Å²) in [6.07, 6.45) is 3.10. The Labute approximate surface area is 139 Å². The molecular formula is C18H17NO5. The second kappa shape index (κ2) is 5.01. The molecule has 0 N–H and O–H groups in total. The average molecular weight is 327 g/mol. The fourth-order valence-corrected chi connectivity index (χ4v) is 3.93. The van der Waals surface area contributed by atoms with Gasteiger partial charge in [-0.25, -0.2) is 4.90 Å². The quantitative estimate of drug-likeness (QED) is 0.476. The van der Waals surface area contributed by atoms with Crippen molar-refractivity contribution in [3.8, 4) is 0 Å². The molecule has 124 valence electrons. The SMILES string of the molecule is CC(=O)OCC12C=CC(O1)C1C(=O)N(c3ccccc3C)C(=O)C12. The van der Waals surface area contributed by atoms with E-state index < -0.39 is 29.5 Å². The van der Waals surface area contributed by atoms with Gasteiger partial charge in [-0.1, -0.05) is 24.3 Å². The highest BCUT2D eigenvalue weighted by Crippen LogP contribution is 2.52. The van der Waals surface area contributed by atoms with Crippen molar-refractivity contribution in [2.45, 2.75) is 25.6 Å². The minimum atomic E-state index is -1.04. The lowest BCUT2D eigenvalue weighted by Gasteiger charge is -2.28. The summed E-state index contributed by atoms with van der Waals surface area (Å²) in [5.74, 6) is -2.20. The first kappa shape index (κ1) is 15.1. The summed E-state index contributed by atoms with van der Waals surface area (Å²) >= 11 is 0. The summed E-state index contributed by atoms with van der Waals surface area (Å²) in [5.41, 5.74) is 0.420. The summed E-state index contributed by atoms with van der Waals surface area (Å²) < 4.78 is 11.0. The number of rotatable bonds is 3. The van der Waals surface area contributed by atoms with Crippen molar-refractivity contribution in [3.63, 3.8) is 0 Å². The fraction of sp³-hybridized carbons (Fsp3) is 0.389. The predicted molar refractivity (Wildman–Crippen MR) is 84.0 cm³/mol. The maximum atomic E-state index is 13.0. The Morgan fingerprint density at radius 3 is 2.75 bits per heavy atom. The normalized spacial score (nSPS) is 33.2. The zero-order chi connectivity index (χ0) is 17.1. The van der Waals surface area contributed by atoms with E-state index >= 15 is 0 Å². The molecule has 3 heterocycles. The molecule has 1 aromatic rings. The van der Waals surface area contributed by atoms with Crippen LogP contribution in [0.5, 0.6) is 0 Å². The van der Waals surface area contributed by atoms with Crippen LogP contribution >= 0.6 is 0 Å². The second-order valence-corrected chi connectivity index (χ2v) is 6.48. The van der Waals surface area contributed by atoms with Gasteiger partial charge in [0.15, 0.2) is 0 Å². The molecule has 3 aliphatic rings. The van der Waals surface area contributed by atoms with E-state index in [1.54, 1.807) is 24.3 Å². The summed E-state index contributed by atoms with van der Waals surface area (Å²) in [6.45, 7) is 3.11. The number of fused-ring (bicyclic) bond motifs is 5. The van der Waals surface area contributed by atoms with Crippen LogP contribution in [0, 0.1) is 18.8 Å². The van der Waals surface area contributed by atoms with E-state index in [1.807, 2.05) is 19.1 Å². The Bertz CT molecular complexity index is 785. The van der Waals surface area contributed by atoms with Gasteiger partial charge in [-0.05, 0) is 24.6 Å². The second-order valence-electron chi connectivity index (χ2n) is 6.48. The molecule has 1 aromatic carbocycles. The Morgan fingerprint density at radius 1 is 1.29 bits per heavy atom. The minimum Gasteiger partial charge on any atom is -0.462 e. The number of carbonyl (C=O) groups excluding carboxylic acids is 3. The lowest BCUT2D eigenvalue weighted by molar-refractivity contribution is -0.150. The zero-order valence-electron chi connectivity index (χ0n) is 13.4. The largest absolute Gasteiger partial charge is 0.462 e. The third-order valence-corrected chi connectivity index (χ3v) is 5.01. The van der Waals surface area contributed by atoms with Crippen LogP contribution in [0.25, 0.3) is 0 Å². The predicted octanol–water partition coefficient (Wildman–Crippen LogP) is 1.37. The number of nitrogens with zero attached hydrogens (tertiary/aromatic N) is 1. The Balaban J connectivity index is 1.72. The number of carbonyl (C=O) groups is 3. The highest BCUT2D eigenvalue weighted by Gasteiger charge is 2.68. The number of amides is 2. The van der Waals surface area contributed by atoms with Gasteiger partial charge in [0.25, 0.3) is 0 Å². The molecule has 0 spiro atoms. The molecule has 4 unspecified atom stereocenters. The van der Waals surface area contributed by atoms with Gasteiger partial charge in [0.05, 0.1) is 23.6 Å². The Kier molecular flexibility index (Phi) is 3.15. The van der Waals surface area contributed by atoms with Crippen molar-refractivity contribution in [2.75, 3.05) is 11.5 Å². The van der Waals surface area contributed by atoms with Crippen LogP contribution in [0.4, 0.5) is 5.69 Å². The monoisotopic (exact) mass is 327 g/mol. The molecule has 2 fully saturated rings. The van der Waals surface area contributed by atoms with E-state index in [-0.39, 0.29) is 18.4 Å². The van der Waals surface area contributed by atoms with Crippen LogP contribution in [-0.4, -0.2) is 36.1 Å². The number of imide groups is 1. The van der Waals surface area contributed by atoms with Crippen LogP contribution in [0.15, 0.2) is 36.4 Å². The van der Waals surface area contributed by atoms with Gasteiger partial charge >= 0.3 is 5.97 Å². The Morgan fingerprint density at radius 2 is 2.04 bits per heavy atom. The molecule has 6 heteroatoms. The van der Waals surface area contributed by atoms with E-state index in [0.717, 1.165) is 5.56 Å². The van der Waals surface area contributed by atoms with E-state index in [2.05, 4.69) is 0 Å². The molecule has 0 aromatic heterocycles. The lowest BCUT2D eigenvalue weighted by Crippen LogP contribution is -2.44. The van der Waals surface area contributed by atoms with Gasteiger partial charge in [0.1, 0.15) is 12.2 Å². The van der Waals surface area contributed by atoms with Crippen molar-refractivity contribution in [1.82, 2.24) is 0 Å². The molecule has 2 amide bonds. The number of ether oxygens (including phenoxy) is 2. The molecule has 0 radical (unpaired) electrons. The van der Waals surface area contributed by atoms with Crippen molar-refractivity contribution >= 4 is 23.5 Å². The summed E-state index contributed by atoms with van der Waals surface area (Å²) in [7, 11) is 0. The maximum Gasteiger partial charge on any atom is 0.302 e. The third kappa shape index (κ3) is 1.89. The van der Waals surface area contributed by atoms with E-state index in [9.17, 15) is 14.4 Å². The summed E-state index contributed by atoms with van der Waals surface area (Å²) in [4.78, 5) is 38.4. The molecular weight excluding hydrogens is 310 g/mol. The van der Waals surface area contributed by atoms with E-state index in [1.165, 1.54) is 11.8 Å². The standard InChI is InChI=1S/C18H17NO5/c1-10-5-3-4-6-12(10)19-16(21)14-13-7-8-18(24-13,9-23-11(2)20)15(14)17(19)22/h3-8,13-15H,9H2,1-2H3. The minimum absolute atomic E-state index is 0.0584. The molecule has 4 rings (SSSR count). The lowest BCUT2D eigenvalue weighted by atomic mass is 9.77. The van der Waals surface area contributed by atoms with Crippen LogP contribution in [0.1, 0.15) is 12.5 Å². The van der Waals surface area contributed by atoms with Gasteiger partial charge in [0, 0.05) is 6.92 Å². The van der Waals surface area contributed by atoms with Gasteiger partial charge < -0.3 is 9.47 Å². The first-order chi connectivity index (χ1) is 11.4. The zero-order valence-corrected chi connectivity index (χ0v) is 13.4. The van der Waals surface area contributed by atoms with Crippen LogP contribution in [0.3, 0.4) is 0 Å². The van der Waals surface area contributed by atoms with Gasteiger partial charge in [-0.2, -0.15) is 0 Å². The van der Waals surface area contributed by atoms with Crippen molar-refractivity contribution in [3.05, 3.63) is 42.0 Å². The van der Waals surface area contributed by atoms with Crippen LogP contribution in [-0.2, 0) is 23.9 Å². The summed E-state index contributed by atoms with van der Waals surface area (Å²) in [6, 6.07) is 7.29. The molecule has 0 aliphatic carbocycles. The van der Waals surface area contributed by atoms with Crippen LogP contribution in [0.2, 0.25) is 0 Å². The number of esters is 1. The Hall–Kier alpha value is -2.47. The van der Waals surface area contributed by atoms with Crippen molar-refractivity contribution < 1.29 is 23.9 Å². The molecule has 4 atom stereocenters. The highest BCUT2D eigenvalue weighted by atomic mass is 16.6. The number of aryl methyl sites for hydroxylation is 1. The maximum absolute atomic E-state index is 13.0.